The summed E-state index contributed by atoms with van der Waals surface area (Å²) >= 11 is 1.73. The van der Waals surface area contributed by atoms with Gasteiger partial charge in [-0.15, -0.1) is 0 Å². The largest absolute Gasteiger partial charge is 0.342 e. The molecule has 2 atom stereocenters. The van der Waals surface area contributed by atoms with E-state index in [1.165, 1.54) is 19.3 Å². The molecular weight excluding hydrogens is 260 g/mol. The fourth-order valence-corrected chi connectivity index (χ4v) is 3.38. The maximum atomic E-state index is 12.5. The van der Waals surface area contributed by atoms with Crippen molar-refractivity contribution in [1.82, 2.24) is 10.2 Å². The van der Waals surface area contributed by atoms with Crippen LogP contribution in [0.4, 0.5) is 0 Å². The third-order valence-corrected chi connectivity index (χ3v) is 5.18. The van der Waals surface area contributed by atoms with Crippen molar-refractivity contribution in [3.8, 4) is 0 Å². The monoisotopic (exact) mass is 284 g/mol. The van der Waals surface area contributed by atoms with E-state index in [0.29, 0.717) is 17.7 Å². The number of nitrogens with zero attached hydrogens (tertiary/aromatic N) is 1. The fourth-order valence-electron chi connectivity index (χ4n) is 3.06. The lowest BCUT2D eigenvalue weighted by Crippen LogP contribution is -2.61. The molecule has 0 aromatic rings. The molecule has 108 valence electrons. The van der Waals surface area contributed by atoms with Gasteiger partial charge in [-0.25, -0.2) is 0 Å². The Morgan fingerprint density at radius 1 is 1.32 bits per heavy atom. The van der Waals surface area contributed by atoms with Gasteiger partial charge in [-0.1, -0.05) is 26.2 Å². The van der Waals surface area contributed by atoms with Crippen molar-refractivity contribution >= 4 is 23.6 Å². The van der Waals surface area contributed by atoms with Crippen LogP contribution in [0.3, 0.4) is 0 Å². The first-order chi connectivity index (χ1) is 9.11. The molecule has 1 saturated carbocycles. The zero-order chi connectivity index (χ0) is 13.8. The minimum atomic E-state index is -0.268. The number of hydrogen-bond acceptors (Lipinski definition) is 3. The Kier molecular flexibility index (Phi) is 5.13. The van der Waals surface area contributed by atoms with Crippen LogP contribution in [0.15, 0.2) is 0 Å². The molecule has 1 saturated heterocycles. The topological polar surface area (TPSA) is 49.4 Å². The van der Waals surface area contributed by atoms with Crippen LogP contribution < -0.4 is 5.32 Å². The van der Waals surface area contributed by atoms with E-state index < -0.39 is 0 Å². The second-order valence-electron chi connectivity index (χ2n) is 5.71. The van der Waals surface area contributed by atoms with Gasteiger partial charge in [0, 0.05) is 11.8 Å². The Bertz CT molecular complexity index is 342. The second kappa shape index (κ2) is 6.64. The number of carbonyl (C=O) groups excluding carboxylic acids is 2. The number of piperazine rings is 1. The Hall–Kier alpha value is -0.710. The van der Waals surface area contributed by atoms with E-state index >= 15 is 0 Å². The highest BCUT2D eigenvalue weighted by atomic mass is 32.2. The minimum Gasteiger partial charge on any atom is -0.342 e. The van der Waals surface area contributed by atoms with Crippen molar-refractivity contribution in [2.45, 2.75) is 50.3 Å². The van der Waals surface area contributed by atoms with Gasteiger partial charge in [0.1, 0.15) is 6.04 Å². The summed E-state index contributed by atoms with van der Waals surface area (Å²) in [5, 5.41) is 3.30. The number of nitrogens with one attached hydrogen (secondary N) is 1. The van der Waals surface area contributed by atoms with Crippen LogP contribution in [0.25, 0.3) is 0 Å². The first-order valence-corrected chi connectivity index (χ1v) is 8.51. The summed E-state index contributed by atoms with van der Waals surface area (Å²) in [7, 11) is 0. The van der Waals surface area contributed by atoms with Gasteiger partial charge in [0.2, 0.25) is 11.8 Å². The minimum absolute atomic E-state index is 0.00322. The summed E-state index contributed by atoms with van der Waals surface area (Å²) in [4.78, 5) is 26.1. The molecule has 2 rings (SSSR count). The summed E-state index contributed by atoms with van der Waals surface area (Å²) in [5.74, 6) is 0.480. The van der Waals surface area contributed by atoms with Gasteiger partial charge in [-0.05, 0) is 25.0 Å². The molecule has 1 heterocycles. The number of carbonyl (C=O) groups is 2. The molecule has 4 nitrogen and oxygen atoms in total. The molecule has 1 aliphatic carbocycles. The molecule has 2 aliphatic rings. The molecule has 2 unspecified atom stereocenters. The van der Waals surface area contributed by atoms with Crippen LogP contribution >= 0.6 is 11.8 Å². The van der Waals surface area contributed by atoms with Crippen molar-refractivity contribution in [2.24, 2.45) is 5.92 Å². The number of hydrogen-bond donors (Lipinski definition) is 1. The molecule has 2 fully saturated rings. The average Bonchev–Trinajstić information content (AvgIpc) is 2.43. The van der Waals surface area contributed by atoms with Gasteiger partial charge in [-0.3, -0.25) is 9.59 Å². The predicted molar refractivity (Wildman–Crippen MR) is 78.1 cm³/mol. The van der Waals surface area contributed by atoms with Crippen LogP contribution in [0.2, 0.25) is 0 Å². The van der Waals surface area contributed by atoms with Crippen molar-refractivity contribution in [3.63, 3.8) is 0 Å². The van der Waals surface area contributed by atoms with Crippen LogP contribution in [0, 0.1) is 5.92 Å². The van der Waals surface area contributed by atoms with E-state index in [1.807, 2.05) is 6.26 Å². The third-order valence-electron chi connectivity index (χ3n) is 4.23. The number of amides is 2. The van der Waals surface area contributed by atoms with Crippen molar-refractivity contribution in [1.29, 1.82) is 0 Å². The molecule has 5 heteroatoms. The normalized spacial score (nSPS) is 27.3. The van der Waals surface area contributed by atoms with E-state index in [4.69, 9.17) is 0 Å². The maximum absolute atomic E-state index is 12.5. The van der Waals surface area contributed by atoms with Gasteiger partial charge >= 0.3 is 0 Å². The van der Waals surface area contributed by atoms with Crippen LogP contribution in [0.1, 0.15) is 39.0 Å². The Labute approximate surface area is 119 Å². The summed E-state index contributed by atoms with van der Waals surface area (Å²) in [6.07, 6.45) is 7.82. The number of thioether (sulfide) groups is 1. The van der Waals surface area contributed by atoms with E-state index in [9.17, 15) is 9.59 Å². The first-order valence-electron chi connectivity index (χ1n) is 7.22. The molecule has 0 aromatic heterocycles. The molecule has 0 bridgehead atoms. The van der Waals surface area contributed by atoms with Gasteiger partial charge in [0.05, 0.1) is 6.54 Å². The summed E-state index contributed by atoms with van der Waals surface area (Å²) in [6.45, 7) is 3.00. The molecule has 2 amide bonds. The van der Waals surface area contributed by atoms with Crippen molar-refractivity contribution in [3.05, 3.63) is 0 Å². The highest BCUT2D eigenvalue weighted by Crippen LogP contribution is 2.28. The van der Waals surface area contributed by atoms with E-state index in [2.05, 4.69) is 12.2 Å². The highest BCUT2D eigenvalue weighted by molar-refractivity contribution is 7.99. The second-order valence-corrected chi connectivity index (χ2v) is 6.98. The maximum Gasteiger partial charge on any atom is 0.245 e. The molecule has 1 aliphatic heterocycles. The van der Waals surface area contributed by atoms with Crippen LogP contribution in [0.5, 0.6) is 0 Å². The van der Waals surface area contributed by atoms with Gasteiger partial charge in [0.25, 0.3) is 0 Å². The van der Waals surface area contributed by atoms with Gasteiger partial charge < -0.3 is 10.2 Å². The molecule has 19 heavy (non-hydrogen) atoms. The lowest BCUT2D eigenvalue weighted by atomic mass is 9.82. The van der Waals surface area contributed by atoms with Crippen LogP contribution in [-0.4, -0.2) is 47.4 Å². The van der Waals surface area contributed by atoms with Gasteiger partial charge in [-0.2, -0.15) is 11.8 Å². The summed E-state index contributed by atoms with van der Waals surface area (Å²) < 4.78 is 0. The lowest BCUT2D eigenvalue weighted by molar-refractivity contribution is -0.146. The SMILES string of the molecule is CSC(C)CN1CC(=O)NC(C2CCCCC2)C1=O. The van der Waals surface area contributed by atoms with E-state index in [1.54, 1.807) is 16.7 Å². The summed E-state index contributed by atoms with van der Waals surface area (Å²) in [6, 6.07) is -0.268. The predicted octanol–water partition coefficient (Wildman–Crippen LogP) is 1.65. The highest BCUT2D eigenvalue weighted by Gasteiger charge is 2.38. The average molecular weight is 284 g/mol. The molecular formula is C14H24N2O2S. The molecule has 1 N–H and O–H groups in total. The zero-order valence-corrected chi connectivity index (χ0v) is 12.7. The standard InChI is InChI=1S/C14H24N2O2S/c1-10(19-2)8-16-9-12(17)15-13(14(16)18)11-6-4-3-5-7-11/h10-11,13H,3-9H2,1-2H3,(H,15,17). The van der Waals surface area contributed by atoms with Crippen LogP contribution in [-0.2, 0) is 9.59 Å². The fraction of sp³-hybridized carbons (Fsp3) is 0.857. The molecule has 0 radical (unpaired) electrons. The van der Waals surface area contributed by atoms with Crippen molar-refractivity contribution in [2.75, 3.05) is 19.3 Å². The Balaban J connectivity index is 2.02. The van der Waals surface area contributed by atoms with Gasteiger partial charge in [0.15, 0.2) is 0 Å². The van der Waals surface area contributed by atoms with E-state index in [0.717, 1.165) is 12.8 Å². The summed E-state index contributed by atoms with van der Waals surface area (Å²) in [5.41, 5.74) is 0. The quantitative estimate of drug-likeness (QED) is 0.854. The zero-order valence-electron chi connectivity index (χ0n) is 11.9. The smallest absolute Gasteiger partial charge is 0.245 e. The first kappa shape index (κ1) is 14.7. The van der Waals surface area contributed by atoms with E-state index in [-0.39, 0.29) is 24.4 Å². The Morgan fingerprint density at radius 3 is 2.63 bits per heavy atom. The number of rotatable bonds is 4. The van der Waals surface area contributed by atoms with Crippen molar-refractivity contribution < 1.29 is 9.59 Å². The molecule has 0 aromatic carbocycles. The Morgan fingerprint density at radius 2 is 2.00 bits per heavy atom. The molecule has 0 spiro atoms. The third kappa shape index (κ3) is 3.65. The lowest BCUT2D eigenvalue weighted by Gasteiger charge is -2.38.